The number of pyridine rings is 1. The summed E-state index contributed by atoms with van der Waals surface area (Å²) in [6, 6.07) is 16.4. The van der Waals surface area contributed by atoms with Crippen LogP contribution in [-0.4, -0.2) is 9.55 Å². The van der Waals surface area contributed by atoms with Crippen LogP contribution >= 0.6 is 22.7 Å². The van der Waals surface area contributed by atoms with Crippen molar-refractivity contribution >= 4 is 34.4 Å². The zero-order chi connectivity index (χ0) is 20.1. The molecule has 0 radical (unpaired) electrons. The molecule has 0 spiro atoms. The molecule has 2 aliphatic rings. The second-order valence-corrected chi connectivity index (χ2v) is 9.40. The second kappa shape index (κ2) is 7.00. The van der Waals surface area contributed by atoms with E-state index in [0.717, 1.165) is 28.9 Å². The predicted octanol–water partition coefficient (Wildman–Crippen LogP) is 3.78. The van der Waals surface area contributed by atoms with Crippen LogP contribution in [0.4, 0.5) is 0 Å². The third-order valence-electron chi connectivity index (χ3n) is 5.69. The van der Waals surface area contributed by atoms with Crippen molar-refractivity contribution in [1.29, 1.82) is 0 Å². The summed E-state index contributed by atoms with van der Waals surface area (Å²) in [4.78, 5) is 24.5. The van der Waals surface area contributed by atoms with Crippen molar-refractivity contribution in [2.45, 2.75) is 18.9 Å². The van der Waals surface area contributed by atoms with Crippen molar-refractivity contribution in [3.8, 4) is 0 Å². The number of rotatable bonds is 2. The molecule has 4 aromatic rings. The summed E-state index contributed by atoms with van der Waals surface area (Å²) in [6.07, 6.45) is 7.33. The molecule has 1 aromatic carbocycles. The molecule has 4 heterocycles. The van der Waals surface area contributed by atoms with Gasteiger partial charge in [-0.25, -0.2) is 4.99 Å². The van der Waals surface area contributed by atoms with Crippen LogP contribution in [0.25, 0.3) is 11.8 Å². The highest BCUT2D eigenvalue weighted by atomic mass is 32.1. The minimum atomic E-state index is -0.0794. The highest BCUT2D eigenvalue weighted by molar-refractivity contribution is 7.10. The first-order chi connectivity index (χ1) is 14.8. The molecule has 0 bridgehead atoms. The fourth-order valence-corrected chi connectivity index (χ4v) is 6.18. The fraction of sp³-hybridized carbons (Fsp3) is 0.125. The summed E-state index contributed by atoms with van der Waals surface area (Å²) in [5.74, 6) is 0. The number of hydrogen-bond donors (Lipinski definition) is 0. The van der Waals surface area contributed by atoms with Crippen molar-refractivity contribution in [2.75, 3.05) is 0 Å². The smallest absolute Gasteiger partial charge is 0.271 e. The highest BCUT2D eigenvalue weighted by Gasteiger charge is 2.32. The van der Waals surface area contributed by atoms with Crippen LogP contribution in [0.2, 0.25) is 0 Å². The van der Waals surface area contributed by atoms with E-state index in [1.165, 1.54) is 32.9 Å². The lowest BCUT2D eigenvalue weighted by molar-refractivity contribution is 0.593. The Hall–Kier alpha value is -3.09. The van der Waals surface area contributed by atoms with Crippen LogP contribution in [0.3, 0.4) is 0 Å². The zero-order valence-electron chi connectivity index (χ0n) is 16.0. The van der Waals surface area contributed by atoms with E-state index in [1.807, 2.05) is 22.8 Å². The van der Waals surface area contributed by atoms with Gasteiger partial charge in [0.2, 0.25) is 0 Å². The number of thiazole rings is 1. The van der Waals surface area contributed by atoms with E-state index in [2.05, 4.69) is 46.8 Å². The van der Waals surface area contributed by atoms with E-state index in [1.54, 1.807) is 23.7 Å². The van der Waals surface area contributed by atoms with Crippen molar-refractivity contribution in [3.05, 3.63) is 113 Å². The van der Waals surface area contributed by atoms with Gasteiger partial charge in [0.15, 0.2) is 4.80 Å². The van der Waals surface area contributed by atoms with Gasteiger partial charge >= 0.3 is 0 Å². The van der Waals surface area contributed by atoms with Gasteiger partial charge in [-0.05, 0) is 59.2 Å². The number of nitrogens with zero attached hydrogens (tertiary/aromatic N) is 3. The summed E-state index contributed by atoms with van der Waals surface area (Å²) in [7, 11) is 0. The lowest BCUT2D eigenvalue weighted by atomic mass is 9.85. The molecule has 1 atom stereocenters. The van der Waals surface area contributed by atoms with Gasteiger partial charge in [0.05, 0.1) is 16.3 Å². The molecule has 3 aromatic heterocycles. The van der Waals surface area contributed by atoms with Crippen molar-refractivity contribution < 1.29 is 0 Å². The Morgan fingerprint density at radius 1 is 1.03 bits per heavy atom. The average molecular weight is 428 g/mol. The molecule has 146 valence electrons. The molecule has 0 amide bonds. The number of aryl methyl sites for hydroxylation is 1. The summed E-state index contributed by atoms with van der Waals surface area (Å²) in [5.41, 5.74) is 5.83. The molecular formula is C24H17N3OS2. The molecular weight excluding hydrogens is 410 g/mol. The van der Waals surface area contributed by atoms with Crippen LogP contribution in [0.5, 0.6) is 0 Å². The molecule has 30 heavy (non-hydrogen) atoms. The molecule has 1 aliphatic heterocycles. The van der Waals surface area contributed by atoms with Gasteiger partial charge in [0.25, 0.3) is 5.56 Å². The fourth-order valence-electron chi connectivity index (χ4n) is 4.33. The average Bonchev–Trinajstić information content (AvgIpc) is 3.42. The molecule has 6 heteroatoms. The number of fused-ring (bicyclic) bond motifs is 3. The van der Waals surface area contributed by atoms with Gasteiger partial charge in [-0.3, -0.25) is 14.3 Å². The zero-order valence-corrected chi connectivity index (χ0v) is 17.6. The third kappa shape index (κ3) is 2.75. The Kier molecular flexibility index (Phi) is 4.14. The monoisotopic (exact) mass is 427 g/mol. The van der Waals surface area contributed by atoms with Gasteiger partial charge in [-0.15, -0.1) is 11.3 Å². The van der Waals surface area contributed by atoms with E-state index in [0.29, 0.717) is 4.53 Å². The third-order valence-corrected chi connectivity index (χ3v) is 7.60. The Morgan fingerprint density at radius 2 is 1.90 bits per heavy atom. The first-order valence-electron chi connectivity index (χ1n) is 9.86. The molecule has 0 unspecified atom stereocenters. The van der Waals surface area contributed by atoms with Crippen LogP contribution in [0.15, 0.2) is 81.7 Å². The predicted molar refractivity (Wildman–Crippen MR) is 121 cm³/mol. The van der Waals surface area contributed by atoms with Gasteiger partial charge < -0.3 is 0 Å². The minimum Gasteiger partial charge on any atom is -0.271 e. The Bertz CT molecular complexity index is 1460. The number of benzene rings is 1. The van der Waals surface area contributed by atoms with E-state index in [4.69, 9.17) is 4.99 Å². The van der Waals surface area contributed by atoms with E-state index < -0.39 is 0 Å². The normalized spacial score (nSPS) is 17.9. The number of aromatic nitrogens is 2. The highest BCUT2D eigenvalue weighted by Crippen LogP contribution is 2.42. The van der Waals surface area contributed by atoms with Crippen molar-refractivity contribution in [3.63, 3.8) is 0 Å². The summed E-state index contributed by atoms with van der Waals surface area (Å²) < 4.78 is 2.60. The minimum absolute atomic E-state index is 0.0272. The Labute approximate surface area is 180 Å². The molecule has 4 nitrogen and oxygen atoms in total. The Morgan fingerprint density at radius 3 is 2.73 bits per heavy atom. The summed E-state index contributed by atoms with van der Waals surface area (Å²) >= 11 is 3.17. The number of allylic oxidation sites excluding steroid dienone is 1. The maximum absolute atomic E-state index is 13.5. The quantitative estimate of drug-likeness (QED) is 0.489. The van der Waals surface area contributed by atoms with Gasteiger partial charge in [0.1, 0.15) is 0 Å². The van der Waals surface area contributed by atoms with Crippen molar-refractivity contribution in [1.82, 2.24) is 9.55 Å². The van der Waals surface area contributed by atoms with Gasteiger partial charge in [-0.1, -0.05) is 41.7 Å². The summed E-state index contributed by atoms with van der Waals surface area (Å²) in [6.45, 7) is 0. The first kappa shape index (κ1) is 17.7. The largest absolute Gasteiger partial charge is 0.271 e. The van der Waals surface area contributed by atoms with E-state index >= 15 is 0 Å². The van der Waals surface area contributed by atoms with Gasteiger partial charge in [-0.2, -0.15) is 0 Å². The lowest BCUT2D eigenvalue weighted by Gasteiger charge is -2.30. The van der Waals surface area contributed by atoms with E-state index in [9.17, 15) is 4.79 Å². The second-order valence-electron chi connectivity index (χ2n) is 7.41. The number of hydrogen-bond acceptors (Lipinski definition) is 5. The lowest BCUT2D eigenvalue weighted by Crippen LogP contribution is -2.38. The number of thiophene rings is 1. The van der Waals surface area contributed by atoms with Crippen LogP contribution in [0.1, 0.15) is 34.0 Å². The molecule has 0 saturated carbocycles. The standard InChI is InChI=1S/C24H17N3OS2/c28-23-20(14-15-9-11-25-12-10-15)30-24-26-21-17-5-2-1-4-16(17)7-8-18(21)22(27(23)24)19-6-3-13-29-19/h1-6,9-14,22H,7-8H2/b20-14+/t22-/m0/s1. The van der Waals surface area contributed by atoms with Crippen LogP contribution in [0, 0.1) is 0 Å². The molecule has 1 aliphatic carbocycles. The van der Waals surface area contributed by atoms with Gasteiger partial charge in [0, 0.05) is 22.8 Å². The maximum atomic E-state index is 13.5. The first-order valence-corrected chi connectivity index (χ1v) is 11.6. The Balaban J connectivity index is 1.64. The molecule has 0 saturated heterocycles. The van der Waals surface area contributed by atoms with Crippen LogP contribution in [-0.2, 0) is 6.42 Å². The van der Waals surface area contributed by atoms with E-state index in [-0.39, 0.29) is 11.6 Å². The molecule has 0 N–H and O–H groups in total. The van der Waals surface area contributed by atoms with Crippen LogP contribution < -0.4 is 14.9 Å². The maximum Gasteiger partial charge on any atom is 0.271 e. The van der Waals surface area contributed by atoms with Crippen molar-refractivity contribution in [2.24, 2.45) is 4.99 Å². The SMILES string of the molecule is O=c1/c(=C\c2ccncc2)sc2n1[C@H](c1cccs1)C1=C(N=2)c2ccccc2CC1. The molecule has 6 rings (SSSR count). The molecule has 0 fully saturated rings. The topological polar surface area (TPSA) is 47.2 Å². The summed E-state index contributed by atoms with van der Waals surface area (Å²) in [5, 5.41) is 2.08.